The molecule has 5 nitrogen and oxygen atoms in total. The minimum Gasteiger partial charge on any atom is -0.496 e. The average molecular weight is 238 g/mol. The van der Waals surface area contributed by atoms with Gasteiger partial charge in [-0.1, -0.05) is 0 Å². The fourth-order valence-electron chi connectivity index (χ4n) is 1.69. The molecule has 0 amide bonds. The summed E-state index contributed by atoms with van der Waals surface area (Å²) in [5, 5.41) is 0. The molecule has 92 valence electrons. The Morgan fingerprint density at radius 2 is 1.82 bits per heavy atom. The summed E-state index contributed by atoms with van der Waals surface area (Å²) in [6, 6.07) is 3.25. The molecular weight excluding hydrogens is 224 g/mol. The van der Waals surface area contributed by atoms with E-state index in [2.05, 4.69) is 0 Å². The van der Waals surface area contributed by atoms with Crippen molar-refractivity contribution >= 4 is 5.97 Å². The number of rotatable bonds is 2. The zero-order chi connectivity index (χ0) is 12.6. The zero-order valence-electron chi connectivity index (χ0n) is 10.2. The van der Waals surface area contributed by atoms with Crippen LogP contribution in [0.3, 0.4) is 0 Å². The lowest BCUT2D eigenvalue weighted by Crippen LogP contribution is -2.39. The fraction of sp³-hybridized carbons (Fsp3) is 0.417. The molecule has 0 aliphatic carbocycles. The molecule has 0 radical (unpaired) electrons. The molecule has 0 bridgehead atoms. The van der Waals surface area contributed by atoms with Crippen molar-refractivity contribution < 1.29 is 23.7 Å². The molecule has 1 aromatic rings. The number of methoxy groups -OCH3 is 2. The molecule has 0 atom stereocenters. The predicted molar refractivity (Wildman–Crippen MR) is 59.7 cm³/mol. The van der Waals surface area contributed by atoms with Gasteiger partial charge < -0.3 is 18.9 Å². The number of ether oxygens (including phenoxy) is 4. The molecule has 0 fully saturated rings. The van der Waals surface area contributed by atoms with Gasteiger partial charge in [0.1, 0.15) is 22.8 Å². The lowest BCUT2D eigenvalue weighted by molar-refractivity contribution is -0.127. The maximum Gasteiger partial charge on any atom is 0.349 e. The molecule has 1 aliphatic rings. The highest BCUT2D eigenvalue weighted by Crippen LogP contribution is 2.40. The SMILES string of the molecule is COc1cc(OC)c2c(c1)OC(C)(C)OC2=O. The Morgan fingerprint density at radius 1 is 1.12 bits per heavy atom. The minimum absolute atomic E-state index is 0.285. The van der Waals surface area contributed by atoms with E-state index in [1.807, 2.05) is 0 Å². The molecule has 0 unspecified atom stereocenters. The molecule has 0 aromatic heterocycles. The van der Waals surface area contributed by atoms with Gasteiger partial charge in [-0.2, -0.15) is 0 Å². The van der Waals surface area contributed by atoms with Crippen LogP contribution in [0, 0.1) is 0 Å². The van der Waals surface area contributed by atoms with E-state index in [4.69, 9.17) is 18.9 Å². The van der Waals surface area contributed by atoms with Crippen LogP contribution < -0.4 is 14.2 Å². The highest BCUT2D eigenvalue weighted by molar-refractivity contribution is 5.97. The van der Waals surface area contributed by atoms with E-state index in [9.17, 15) is 4.79 Å². The molecule has 1 heterocycles. The number of hydrogen-bond donors (Lipinski definition) is 0. The van der Waals surface area contributed by atoms with Gasteiger partial charge in [0.15, 0.2) is 0 Å². The third kappa shape index (κ3) is 2.00. The normalized spacial score (nSPS) is 16.6. The number of cyclic esters (lactones) is 1. The summed E-state index contributed by atoms with van der Waals surface area (Å²) in [6.45, 7) is 3.33. The van der Waals surface area contributed by atoms with Crippen LogP contribution in [0.2, 0.25) is 0 Å². The van der Waals surface area contributed by atoms with Crippen LogP contribution in [0.1, 0.15) is 24.2 Å². The van der Waals surface area contributed by atoms with Crippen molar-refractivity contribution in [3.8, 4) is 17.2 Å². The van der Waals surface area contributed by atoms with E-state index in [1.54, 1.807) is 26.0 Å². The van der Waals surface area contributed by atoms with E-state index in [-0.39, 0.29) is 5.56 Å². The quantitative estimate of drug-likeness (QED) is 0.737. The molecule has 0 saturated heterocycles. The second-order valence-corrected chi connectivity index (χ2v) is 4.09. The summed E-state index contributed by atoms with van der Waals surface area (Å²) in [6.07, 6.45) is 0. The van der Waals surface area contributed by atoms with Gasteiger partial charge in [0, 0.05) is 26.0 Å². The predicted octanol–water partition coefficient (Wildman–Crippen LogP) is 1.99. The van der Waals surface area contributed by atoms with Crippen molar-refractivity contribution in [2.24, 2.45) is 0 Å². The van der Waals surface area contributed by atoms with Gasteiger partial charge in [-0.3, -0.25) is 0 Å². The largest absolute Gasteiger partial charge is 0.496 e. The third-order valence-corrected chi connectivity index (χ3v) is 2.39. The first kappa shape index (κ1) is 11.6. The number of esters is 1. The Kier molecular flexibility index (Phi) is 2.61. The van der Waals surface area contributed by atoms with Gasteiger partial charge in [-0.15, -0.1) is 0 Å². The lowest BCUT2D eigenvalue weighted by atomic mass is 10.1. The van der Waals surface area contributed by atoms with Gasteiger partial charge in [0.2, 0.25) is 5.79 Å². The summed E-state index contributed by atoms with van der Waals surface area (Å²) in [7, 11) is 3.01. The van der Waals surface area contributed by atoms with Gasteiger partial charge >= 0.3 is 5.97 Å². The van der Waals surface area contributed by atoms with Crippen molar-refractivity contribution in [2.45, 2.75) is 19.6 Å². The van der Waals surface area contributed by atoms with Crippen LogP contribution in [-0.4, -0.2) is 26.0 Å². The lowest BCUT2D eigenvalue weighted by Gasteiger charge is -2.32. The summed E-state index contributed by atoms with van der Waals surface area (Å²) in [4.78, 5) is 11.9. The van der Waals surface area contributed by atoms with Crippen molar-refractivity contribution in [2.75, 3.05) is 14.2 Å². The van der Waals surface area contributed by atoms with Gasteiger partial charge in [0.05, 0.1) is 14.2 Å². The Balaban J connectivity index is 2.58. The summed E-state index contributed by atoms with van der Waals surface area (Å²) < 4.78 is 21.0. The van der Waals surface area contributed by atoms with E-state index in [0.717, 1.165) is 0 Å². The highest BCUT2D eigenvalue weighted by atomic mass is 16.7. The Morgan fingerprint density at radius 3 is 2.41 bits per heavy atom. The van der Waals surface area contributed by atoms with Crippen LogP contribution in [0.5, 0.6) is 17.2 Å². The summed E-state index contributed by atoms with van der Waals surface area (Å²) in [5.74, 6) is -0.106. The highest BCUT2D eigenvalue weighted by Gasteiger charge is 2.36. The Labute approximate surface area is 99.2 Å². The molecule has 5 heteroatoms. The molecule has 0 saturated carbocycles. The second kappa shape index (κ2) is 3.84. The zero-order valence-corrected chi connectivity index (χ0v) is 10.2. The van der Waals surface area contributed by atoms with Crippen molar-refractivity contribution in [1.29, 1.82) is 0 Å². The minimum atomic E-state index is -0.985. The maximum absolute atomic E-state index is 11.9. The van der Waals surface area contributed by atoms with E-state index in [0.29, 0.717) is 17.2 Å². The molecule has 0 spiro atoms. The topological polar surface area (TPSA) is 54.0 Å². The Bertz CT molecular complexity index is 464. The second-order valence-electron chi connectivity index (χ2n) is 4.09. The summed E-state index contributed by atoms with van der Waals surface area (Å²) in [5.41, 5.74) is 0.285. The monoisotopic (exact) mass is 238 g/mol. The van der Waals surface area contributed by atoms with Crippen LogP contribution in [0.4, 0.5) is 0 Å². The number of carbonyl (C=O) groups excluding carboxylic acids is 1. The standard InChI is InChI=1S/C12H14O5/c1-12(2)16-9-6-7(14-3)5-8(15-4)10(9)11(13)17-12/h5-6H,1-4H3. The van der Waals surface area contributed by atoms with E-state index < -0.39 is 11.8 Å². The van der Waals surface area contributed by atoms with Gasteiger partial charge in [-0.25, -0.2) is 4.79 Å². The molecule has 2 rings (SSSR count). The maximum atomic E-state index is 11.9. The van der Waals surface area contributed by atoms with Gasteiger partial charge in [0.25, 0.3) is 0 Å². The number of hydrogen-bond acceptors (Lipinski definition) is 5. The van der Waals surface area contributed by atoms with Crippen LogP contribution in [-0.2, 0) is 4.74 Å². The van der Waals surface area contributed by atoms with E-state index in [1.165, 1.54) is 14.2 Å². The van der Waals surface area contributed by atoms with Crippen molar-refractivity contribution in [3.63, 3.8) is 0 Å². The van der Waals surface area contributed by atoms with Gasteiger partial charge in [-0.05, 0) is 0 Å². The number of fused-ring (bicyclic) bond motifs is 1. The van der Waals surface area contributed by atoms with Crippen LogP contribution >= 0.6 is 0 Å². The number of benzene rings is 1. The van der Waals surface area contributed by atoms with Crippen molar-refractivity contribution in [3.05, 3.63) is 17.7 Å². The summed E-state index contributed by atoms with van der Waals surface area (Å²) >= 11 is 0. The molecule has 0 N–H and O–H groups in total. The third-order valence-electron chi connectivity index (χ3n) is 2.39. The van der Waals surface area contributed by atoms with Crippen molar-refractivity contribution in [1.82, 2.24) is 0 Å². The molecular formula is C12H14O5. The first-order valence-corrected chi connectivity index (χ1v) is 5.15. The molecule has 1 aromatic carbocycles. The smallest absolute Gasteiger partial charge is 0.349 e. The Hall–Kier alpha value is -1.91. The fourth-order valence-corrected chi connectivity index (χ4v) is 1.69. The van der Waals surface area contributed by atoms with Crippen LogP contribution in [0.25, 0.3) is 0 Å². The molecule has 17 heavy (non-hydrogen) atoms. The van der Waals surface area contributed by atoms with Crippen LogP contribution in [0.15, 0.2) is 12.1 Å². The number of carbonyl (C=O) groups is 1. The van der Waals surface area contributed by atoms with E-state index >= 15 is 0 Å². The average Bonchev–Trinajstić information content (AvgIpc) is 2.25. The molecule has 1 aliphatic heterocycles. The first-order chi connectivity index (χ1) is 7.96. The first-order valence-electron chi connectivity index (χ1n) is 5.15.